The summed E-state index contributed by atoms with van der Waals surface area (Å²) in [5, 5.41) is 2.79. The maximum atomic E-state index is 12.9. The van der Waals surface area contributed by atoms with Crippen molar-refractivity contribution in [2.75, 3.05) is 11.9 Å². The van der Waals surface area contributed by atoms with Crippen LogP contribution >= 0.6 is 0 Å². The Hall–Kier alpha value is -3.47. The second-order valence-corrected chi connectivity index (χ2v) is 6.47. The Morgan fingerprint density at radius 3 is 2.33 bits per heavy atom. The molecule has 0 saturated carbocycles. The summed E-state index contributed by atoms with van der Waals surface area (Å²) < 4.78 is 0. The molecule has 0 spiro atoms. The first kappa shape index (κ1) is 17.0. The lowest BCUT2D eigenvalue weighted by Crippen LogP contribution is -2.36. The first-order valence-corrected chi connectivity index (χ1v) is 8.90. The fourth-order valence-corrected chi connectivity index (χ4v) is 3.23. The van der Waals surface area contributed by atoms with Crippen molar-refractivity contribution in [2.24, 2.45) is 0 Å². The van der Waals surface area contributed by atoms with Gasteiger partial charge in [0.15, 0.2) is 0 Å². The molecule has 0 fully saturated rings. The largest absolute Gasteiger partial charge is 0.333 e. The fourth-order valence-electron chi connectivity index (χ4n) is 3.23. The zero-order valence-corrected chi connectivity index (χ0v) is 14.8. The van der Waals surface area contributed by atoms with E-state index in [4.69, 9.17) is 0 Å². The summed E-state index contributed by atoms with van der Waals surface area (Å²) in [6, 6.07) is 22.3. The quantitative estimate of drug-likeness (QED) is 0.780. The van der Waals surface area contributed by atoms with Gasteiger partial charge in [-0.25, -0.2) is 4.98 Å². The monoisotopic (exact) mass is 357 g/mol. The van der Waals surface area contributed by atoms with Gasteiger partial charge in [-0.15, -0.1) is 0 Å². The molecular formula is C22H19N3O2. The molecule has 1 aliphatic heterocycles. The van der Waals surface area contributed by atoms with Gasteiger partial charge in [0, 0.05) is 18.8 Å². The van der Waals surface area contributed by atoms with E-state index in [9.17, 15) is 9.59 Å². The average Bonchev–Trinajstić information content (AvgIpc) is 2.73. The van der Waals surface area contributed by atoms with Crippen molar-refractivity contribution in [2.45, 2.75) is 13.0 Å². The molecule has 134 valence electrons. The van der Waals surface area contributed by atoms with Gasteiger partial charge in [-0.1, -0.05) is 48.5 Å². The van der Waals surface area contributed by atoms with Crippen LogP contribution in [0.2, 0.25) is 0 Å². The number of carbonyl (C=O) groups is 2. The van der Waals surface area contributed by atoms with Crippen molar-refractivity contribution in [3.63, 3.8) is 0 Å². The van der Waals surface area contributed by atoms with Crippen molar-refractivity contribution >= 4 is 17.5 Å². The molecule has 2 amide bonds. The number of para-hydroxylation sites is 1. The number of nitrogens with zero attached hydrogens (tertiary/aromatic N) is 2. The minimum atomic E-state index is -0.333. The number of rotatable bonds is 3. The van der Waals surface area contributed by atoms with E-state index < -0.39 is 0 Å². The second kappa shape index (κ2) is 7.41. The van der Waals surface area contributed by atoms with Crippen molar-refractivity contribution in [3.8, 4) is 0 Å². The number of pyridine rings is 1. The normalized spacial score (nSPS) is 13.0. The molecule has 0 bridgehead atoms. The lowest BCUT2D eigenvalue weighted by atomic mass is 10.00. The molecule has 5 nitrogen and oxygen atoms in total. The van der Waals surface area contributed by atoms with E-state index in [0.717, 1.165) is 12.0 Å². The Labute approximate surface area is 157 Å². The van der Waals surface area contributed by atoms with E-state index in [1.165, 1.54) is 5.56 Å². The number of anilines is 1. The smallest absolute Gasteiger partial charge is 0.274 e. The molecule has 1 aromatic heterocycles. The fraction of sp³-hybridized carbons (Fsp3) is 0.136. The minimum absolute atomic E-state index is 0.154. The van der Waals surface area contributed by atoms with E-state index in [2.05, 4.69) is 16.4 Å². The zero-order valence-electron chi connectivity index (χ0n) is 14.8. The molecule has 0 saturated heterocycles. The van der Waals surface area contributed by atoms with Gasteiger partial charge >= 0.3 is 0 Å². The van der Waals surface area contributed by atoms with Crippen LogP contribution in [-0.4, -0.2) is 28.2 Å². The van der Waals surface area contributed by atoms with Gasteiger partial charge < -0.3 is 10.2 Å². The molecule has 3 aromatic rings. The molecule has 0 aliphatic carbocycles. The summed E-state index contributed by atoms with van der Waals surface area (Å²) in [6.45, 7) is 1.22. The number of nitrogens with one attached hydrogen (secondary N) is 1. The van der Waals surface area contributed by atoms with Gasteiger partial charge in [0.05, 0.1) is 0 Å². The third-order valence-electron chi connectivity index (χ3n) is 4.65. The third kappa shape index (κ3) is 3.72. The molecule has 0 radical (unpaired) electrons. The predicted octanol–water partition coefficient (Wildman–Crippen LogP) is 3.53. The van der Waals surface area contributed by atoms with Crippen LogP contribution in [0.25, 0.3) is 0 Å². The number of fused-ring (bicyclic) bond motifs is 1. The summed E-state index contributed by atoms with van der Waals surface area (Å²) in [4.78, 5) is 31.4. The van der Waals surface area contributed by atoms with E-state index in [0.29, 0.717) is 18.8 Å². The van der Waals surface area contributed by atoms with Crippen molar-refractivity contribution < 1.29 is 9.59 Å². The van der Waals surface area contributed by atoms with E-state index in [-0.39, 0.29) is 23.2 Å². The van der Waals surface area contributed by atoms with Gasteiger partial charge in [-0.05, 0) is 41.8 Å². The Morgan fingerprint density at radius 2 is 1.52 bits per heavy atom. The Balaban J connectivity index is 1.50. The number of carbonyl (C=O) groups excluding carboxylic acids is 2. The molecule has 27 heavy (non-hydrogen) atoms. The topological polar surface area (TPSA) is 62.3 Å². The molecule has 1 aliphatic rings. The lowest BCUT2D eigenvalue weighted by Gasteiger charge is -2.28. The summed E-state index contributed by atoms with van der Waals surface area (Å²) in [5.41, 5.74) is 3.64. The summed E-state index contributed by atoms with van der Waals surface area (Å²) in [5.74, 6) is -0.487. The Morgan fingerprint density at radius 1 is 0.815 bits per heavy atom. The predicted molar refractivity (Wildman–Crippen MR) is 104 cm³/mol. The van der Waals surface area contributed by atoms with Crippen LogP contribution in [-0.2, 0) is 13.0 Å². The van der Waals surface area contributed by atoms with Crippen LogP contribution in [0.3, 0.4) is 0 Å². The van der Waals surface area contributed by atoms with E-state index in [1.807, 2.05) is 36.4 Å². The maximum absolute atomic E-state index is 12.9. The zero-order chi connectivity index (χ0) is 18.6. The minimum Gasteiger partial charge on any atom is -0.333 e. The Kier molecular flexibility index (Phi) is 4.66. The van der Waals surface area contributed by atoms with Crippen molar-refractivity contribution in [3.05, 3.63) is 95.3 Å². The first-order chi connectivity index (χ1) is 13.2. The van der Waals surface area contributed by atoms with Gasteiger partial charge in [0.2, 0.25) is 0 Å². The van der Waals surface area contributed by atoms with Gasteiger partial charge in [0.1, 0.15) is 11.4 Å². The first-order valence-electron chi connectivity index (χ1n) is 8.90. The van der Waals surface area contributed by atoms with E-state index >= 15 is 0 Å². The van der Waals surface area contributed by atoms with Crippen LogP contribution < -0.4 is 5.32 Å². The molecule has 2 aromatic carbocycles. The number of aromatic nitrogens is 1. The van der Waals surface area contributed by atoms with Crippen LogP contribution in [0.1, 0.15) is 32.1 Å². The molecule has 2 heterocycles. The molecular weight excluding hydrogens is 338 g/mol. The molecule has 1 N–H and O–H groups in total. The highest BCUT2D eigenvalue weighted by atomic mass is 16.2. The lowest BCUT2D eigenvalue weighted by molar-refractivity contribution is 0.0728. The number of benzene rings is 2. The molecule has 4 rings (SSSR count). The van der Waals surface area contributed by atoms with Gasteiger partial charge in [-0.2, -0.15) is 0 Å². The van der Waals surface area contributed by atoms with Crippen molar-refractivity contribution in [1.29, 1.82) is 0 Å². The number of amides is 2. The second-order valence-electron chi connectivity index (χ2n) is 6.47. The Bertz CT molecular complexity index is 986. The standard InChI is InChI=1S/C22H19N3O2/c26-21(23-18-9-2-1-3-10-18)19-11-6-12-20(24-19)22(27)25-14-13-16-7-4-5-8-17(16)15-25/h1-12H,13-15H2,(H,23,26). The van der Waals surface area contributed by atoms with Crippen LogP contribution in [0.15, 0.2) is 72.8 Å². The highest BCUT2D eigenvalue weighted by Crippen LogP contribution is 2.20. The van der Waals surface area contributed by atoms with Crippen LogP contribution in [0.4, 0.5) is 5.69 Å². The summed E-state index contributed by atoms with van der Waals surface area (Å²) in [6.07, 6.45) is 0.829. The molecule has 0 unspecified atom stereocenters. The maximum Gasteiger partial charge on any atom is 0.274 e. The summed E-state index contributed by atoms with van der Waals surface area (Å²) in [7, 11) is 0. The number of hydrogen-bond acceptors (Lipinski definition) is 3. The highest BCUT2D eigenvalue weighted by molar-refractivity contribution is 6.03. The number of hydrogen-bond donors (Lipinski definition) is 1. The van der Waals surface area contributed by atoms with Gasteiger partial charge in [0.25, 0.3) is 11.8 Å². The average molecular weight is 357 g/mol. The van der Waals surface area contributed by atoms with Crippen LogP contribution in [0, 0.1) is 0 Å². The van der Waals surface area contributed by atoms with Gasteiger partial charge in [-0.3, -0.25) is 9.59 Å². The van der Waals surface area contributed by atoms with E-state index in [1.54, 1.807) is 35.2 Å². The molecule has 0 atom stereocenters. The molecule has 5 heteroatoms. The third-order valence-corrected chi connectivity index (χ3v) is 4.65. The van der Waals surface area contributed by atoms with Crippen LogP contribution in [0.5, 0.6) is 0 Å². The SMILES string of the molecule is O=C(Nc1ccccc1)c1cccc(C(=O)N2CCc3ccccc3C2)n1. The highest BCUT2D eigenvalue weighted by Gasteiger charge is 2.23. The summed E-state index contributed by atoms with van der Waals surface area (Å²) >= 11 is 0. The van der Waals surface area contributed by atoms with Crippen molar-refractivity contribution in [1.82, 2.24) is 9.88 Å².